The van der Waals surface area contributed by atoms with Crippen molar-refractivity contribution in [2.24, 2.45) is 0 Å². The molecule has 1 aromatic heterocycles. The largest absolute Gasteiger partial charge is 0.306 e. The van der Waals surface area contributed by atoms with Gasteiger partial charge in [0.1, 0.15) is 0 Å². The first kappa shape index (κ1) is 4.19. The van der Waals surface area contributed by atoms with Crippen molar-refractivity contribution in [2.75, 3.05) is 6.54 Å². The summed E-state index contributed by atoms with van der Waals surface area (Å²) in [5.74, 6) is 0. The minimum absolute atomic E-state index is 0.0576. The number of pyridine rings is 1. The second-order valence-corrected chi connectivity index (χ2v) is 2.67. The third-order valence-corrected chi connectivity index (χ3v) is 1.85. The van der Waals surface area contributed by atoms with E-state index in [1.165, 1.54) is 0 Å². The highest BCUT2D eigenvalue weighted by Crippen LogP contribution is 2.17. The molecule has 1 aromatic rings. The highest BCUT2D eigenvalue weighted by molar-refractivity contribution is 5.16. The zero-order valence-corrected chi connectivity index (χ0v) is 6.59. The van der Waals surface area contributed by atoms with E-state index >= 15 is 0 Å². The summed E-state index contributed by atoms with van der Waals surface area (Å²) in [5.41, 5.74) is 0.422. The molecule has 0 saturated heterocycles. The van der Waals surface area contributed by atoms with Gasteiger partial charge < -0.3 is 5.32 Å². The Labute approximate surface area is 78.0 Å². The number of rotatable bonds is 1. The first-order valence-corrected chi connectivity index (χ1v) is 3.94. The zero-order chi connectivity index (χ0) is 11.7. The van der Waals surface area contributed by atoms with E-state index in [0.29, 0.717) is 18.5 Å². The van der Waals surface area contributed by atoms with E-state index in [2.05, 4.69) is 10.3 Å². The lowest BCUT2D eigenvalue weighted by molar-refractivity contribution is 0.553. The van der Waals surface area contributed by atoms with Gasteiger partial charge in [0.25, 0.3) is 0 Å². The van der Waals surface area contributed by atoms with E-state index in [9.17, 15) is 0 Å². The Bertz CT molecular complexity index is 445. The summed E-state index contributed by atoms with van der Waals surface area (Å²) in [6.07, 6.45) is 4.29. The van der Waals surface area contributed by atoms with Gasteiger partial charge in [-0.2, -0.15) is 0 Å². The molecule has 12 heavy (non-hydrogen) atoms. The van der Waals surface area contributed by atoms with E-state index in [4.69, 9.17) is 5.48 Å². The molecule has 0 amide bonds. The molecule has 2 rings (SSSR count). The van der Waals surface area contributed by atoms with Crippen molar-refractivity contribution in [2.45, 2.75) is 12.5 Å². The van der Waals surface area contributed by atoms with Gasteiger partial charge in [0.05, 0.1) is 5.48 Å². The Morgan fingerprint density at radius 3 is 3.42 bits per heavy atom. The lowest BCUT2D eigenvalue weighted by Gasteiger charge is -2.19. The van der Waals surface area contributed by atoms with Crippen molar-refractivity contribution in [1.29, 1.82) is 0 Å². The maximum atomic E-state index is 7.78. The van der Waals surface area contributed by atoms with Gasteiger partial charge >= 0.3 is 0 Å². The molecule has 0 radical (unpaired) electrons. The third kappa shape index (κ3) is 1.53. The van der Waals surface area contributed by atoms with Crippen molar-refractivity contribution in [3.63, 3.8) is 0 Å². The van der Waals surface area contributed by atoms with Crippen molar-refractivity contribution >= 4 is 0 Å². The minimum Gasteiger partial charge on any atom is -0.306 e. The topological polar surface area (TPSA) is 24.9 Å². The van der Waals surface area contributed by atoms with Crippen LogP contribution in [-0.2, 0) is 0 Å². The first-order valence-electron chi connectivity index (χ1n) is 5.94. The molecule has 0 aliphatic carbocycles. The summed E-state index contributed by atoms with van der Waals surface area (Å²) >= 11 is 0. The molecule has 2 heteroatoms. The fourth-order valence-electron chi connectivity index (χ4n) is 1.23. The van der Waals surface area contributed by atoms with Gasteiger partial charge in [0.2, 0.25) is 0 Å². The molecular formula is C10H12N2. The standard InChI is InChI=1S/C10H12N2/c1-2-7-12-10(5-1)9-4-3-6-11-8-9/h1-4,6,8,10,12H,5,7H2/i3D,4D,6D,8D. The smallest absolute Gasteiger partial charge is 0.0843 e. The van der Waals surface area contributed by atoms with Gasteiger partial charge in [0.15, 0.2) is 0 Å². The van der Waals surface area contributed by atoms with Crippen LogP contribution in [0.5, 0.6) is 0 Å². The van der Waals surface area contributed by atoms with Crippen LogP contribution in [0.2, 0.25) is 0 Å². The van der Waals surface area contributed by atoms with E-state index in [-0.39, 0.29) is 30.5 Å². The number of hydrogen-bond acceptors (Lipinski definition) is 2. The molecule has 0 spiro atoms. The monoisotopic (exact) mass is 164 g/mol. The number of aromatic nitrogens is 1. The van der Waals surface area contributed by atoms with Gasteiger partial charge in [-0.05, 0) is 18.0 Å². The second-order valence-electron chi connectivity index (χ2n) is 2.67. The van der Waals surface area contributed by atoms with Gasteiger partial charge in [-0.1, -0.05) is 18.2 Å². The lowest BCUT2D eigenvalue weighted by atomic mass is 10.0. The molecule has 0 fully saturated rings. The van der Waals surface area contributed by atoms with E-state index in [1.807, 2.05) is 12.2 Å². The van der Waals surface area contributed by atoms with E-state index < -0.39 is 0 Å². The average Bonchev–Trinajstić information content (AvgIpc) is 2.28. The molecular weight excluding hydrogens is 148 g/mol. The van der Waals surface area contributed by atoms with Gasteiger partial charge in [-0.15, -0.1) is 0 Å². The maximum absolute atomic E-state index is 7.78. The molecule has 2 heterocycles. The Morgan fingerprint density at radius 2 is 2.58 bits per heavy atom. The molecule has 0 saturated carbocycles. The normalized spacial score (nSPS) is 27.2. The summed E-state index contributed by atoms with van der Waals surface area (Å²) in [5, 5.41) is 3.15. The van der Waals surface area contributed by atoms with Crippen LogP contribution in [0.25, 0.3) is 0 Å². The number of nitrogens with one attached hydrogen (secondary N) is 1. The highest BCUT2D eigenvalue weighted by Gasteiger charge is 2.10. The summed E-state index contributed by atoms with van der Waals surface area (Å²) in [6.45, 7) is 0.694. The highest BCUT2D eigenvalue weighted by atomic mass is 14.9. The van der Waals surface area contributed by atoms with Gasteiger partial charge in [-0.25, -0.2) is 0 Å². The lowest BCUT2D eigenvalue weighted by Crippen LogP contribution is -2.23. The van der Waals surface area contributed by atoms with Crippen LogP contribution >= 0.6 is 0 Å². The first-order chi connectivity index (χ1) is 7.61. The molecule has 1 atom stereocenters. The van der Waals surface area contributed by atoms with Crippen molar-refractivity contribution in [1.82, 2.24) is 10.3 Å². The summed E-state index contributed by atoms with van der Waals surface area (Å²) in [4.78, 5) is 3.67. The Kier molecular flexibility index (Phi) is 1.22. The Balaban J connectivity index is 2.47. The minimum atomic E-state index is -0.301. The molecule has 2 nitrogen and oxygen atoms in total. The van der Waals surface area contributed by atoms with Crippen molar-refractivity contribution < 1.29 is 5.48 Å². The Hall–Kier alpha value is -1.15. The van der Waals surface area contributed by atoms with Gasteiger partial charge in [-0.3, -0.25) is 4.98 Å². The summed E-state index contributed by atoms with van der Waals surface area (Å²) in [6, 6.07) is -0.401. The van der Waals surface area contributed by atoms with Crippen LogP contribution < -0.4 is 5.32 Å². The van der Waals surface area contributed by atoms with Crippen LogP contribution in [0.4, 0.5) is 0 Å². The summed E-state index contributed by atoms with van der Waals surface area (Å²) < 4.78 is 30.3. The summed E-state index contributed by atoms with van der Waals surface area (Å²) in [7, 11) is 0. The predicted octanol–water partition coefficient (Wildman–Crippen LogP) is 1.67. The Morgan fingerprint density at radius 1 is 1.58 bits per heavy atom. The van der Waals surface area contributed by atoms with E-state index in [1.54, 1.807) is 0 Å². The fraction of sp³-hybridized carbons (Fsp3) is 0.300. The number of hydrogen-bond donors (Lipinski definition) is 1. The second kappa shape index (κ2) is 3.50. The fourth-order valence-corrected chi connectivity index (χ4v) is 1.23. The van der Waals surface area contributed by atoms with Crippen LogP contribution in [0.1, 0.15) is 23.5 Å². The predicted molar refractivity (Wildman–Crippen MR) is 48.7 cm³/mol. The van der Waals surface area contributed by atoms with Crippen LogP contribution in [0.3, 0.4) is 0 Å². The maximum Gasteiger partial charge on any atom is 0.0843 e. The third-order valence-electron chi connectivity index (χ3n) is 1.85. The molecule has 62 valence electrons. The molecule has 0 bridgehead atoms. The number of nitrogens with zero attached hydrogens (tertiary/aromatic N) is 1. The molecule has 1 N–H and O–H groups in total. The molecule has 1 aliphatic heterocycles. The molecule has 1 unspecified atom stereocenters. The van der Waals surface area contributed by atoms with Gasteiger partial charge in [0, 0.05) is 24.9 Å². The van der Waals surface area contributed by atoms with Crippen molar-refractivity contribution in [3.8, 4) is 0 Å². The van der Waals surface area contributed by atoms with Crippen LogP contribution in [0, 0.1) is 0 Å². The molecule has 0 aromatic carbocycles. The average molecular weight is 164 g/mol. The zero-order valence-electron chi connectivity index (χ0n) is 10.6. The molecule has 1 aliphatic rings. The SMILES string of the molecule is [2H]c1nc([2H])c(C2CC=CCN2)c([2H])c1[2H]. The van der Waals surface area contributed by atoms with Crippen LogP contribution in [-0.4, -0.2) is 11.5 Å². The van der Waals surface area contributed by atoms with E-state index in [0.717, 1.165) is 0 Å². The van der Waals surface area contributed by atoms with Crippen molar-refractivity contribution in [3.05, 3.63) is 42.1 Å². The quantitative estimate of drug-likeness (QED) is 0.639. The van der Waals surface area contributed by atoms with Crippen LogP contribution in [0.15, 0.2) is 36.6 Å².